The lowest BCUT2D eigenvalue weighted by molar-refractivity contribution is -0.120. The standard InChI is InChI=1S/C36H45N7O5/c1-33(2,3)36(41-31(45)46,43(32(47)48)34(4,5)6)37-24-29(44)39-28-23-38-42(7)30(28)40-35(25-17-11-8-12-18-25,26-19-13-9-14-20-26)27-21-15-10-16-22-27/h8-23,37,40-41H,24H2,1-7H3,(H,39,44)(H,45,46)(H,47,48). The minimum atomic E-state index is -1.89. The van der Waals surface area contributed by atoms with Crippen LogP contribution in [-0.2, 0) is 17.4 Å². The molecule has 1 aromatic heterocycles. The Hall–Kier alpha value is -5.36. The molecule has 6 N–H and O–H groups in total. The SMILES string of the molecule is Cn1ncc(NC(=O)CNC(NC(=O)O)(N(C(=O)O)C(C)(C)C)C(C)(C)C)c1NC(c1ccccc1)(c1ccccc1)c1ccccc1. The van der Waals surface area contributed by atoms with Gasteiger partial charge in [0.05, 0.1) is 12.7 Å². The van der Waals surface area contributed by atoms with Gasteiger partial charge in [-0.25, -0.2) is 9.59 Å². The average Bonchev–Trinajstić information content (AvgIpc) is 3.35. The van der Waals surface area contributed by atoms with E-state index in [0.29, 0.717) is 11.5 Å². The van der Waals surface area contributed by atoms with Gasteiger partial charge in [0.1, 0.15) is 17.0 Å². The van der Waals surface area contributed by atoms with E-state index >= 15 is 0 Å². The van der Waals surface area contributed by atoms with Gasteiger partial charge in [-0.05, 0) is 37.5 Å². The Morgan fingerprint density at radius 2 is 1.23 bits per heavy atom. The van der Waals surface area contributed by atoms with Gasteiger partial charge in [-0.1, -0.05) is 112 Å². The maximum absolute atomic E-state index is 13.7. The van der Waals surface area contributed by atoms with Crippen LogP contribution in [0, 0.1) is 5.41 Å². The van der Waals surface area contributed by atoms with Gasteiger partial charge in [0, 0.05) is 18.0 Å². The average molecular weight is 656 g/mol. The van der Waals surface area contributed by atoms with Crippen LogP contribution in [0.3, 0.4) is 0 Å². The molecule has 3 aromatic carbocycles. The van der Waals surface area contributed by atoms with Gasteiger partial charge in [-0.3, -0.25) is 25.0 Å². The van der Waals surface area contributed by atoms with Crippen molar-refractivity contribution in [3.05, 3.63) is 114 Å². The van der Waals surface area contributed by atoms with Crippen molar-refractivity contribution in [2.75, 3.05) is 17.2 Å². The highest BCUT2D eigenvalue weighted by Gasteiger charge is 2.54. The molecule has 254 valence electrons. The van der Waals surface area contributed by atoms with Gasteiger partial charge >= 0.3 is 12.2 Å². The van der Waals surface area contributed by atoms with Crippen molar-refractivity contribution in [1.82, 2.24) is 25.3 Å². The molecule has 3 amide bonds. The Morgan fingerprint density at radius 3 is 1.60 bits per heavy atom. The van der Waals surface area contributed by atoms with Crippen LogP contribution in [0.4, 0.5) is 21.1 Å². The summed E-state index contributed by atoms with van der Waals surface area (Å²) in [6.07, 6.45) is -1.29. The summed E-state index contributed by atoms with van der Waals surface area (Å²) in [5.41, 5.74) is 0.223. The molecule has 0 fully saturated rings. The summed E-state index contributed by atoms with van der Waals surface area (Å²) in [7, 11) is 1.76. The van der Waals surface area contributed by atoms with E-state index in [9.17, 15) is 24.6 Å². The lowest BCUT2D eigenvalue weighted by atomic mass is 9.77. The first-order valence-corrected chi connectivity index (χ1v) is 15.6. The summed E-state index contributed by atoms with van der Waals surface area (Å²) in [4.78, 5) is 39.4. The number of hydrogen-bond donors (Lipinski definition) is 6. The van der Waals surface area contributed by atoms with Gasteiger partial charge in [0.25, 0.3) is 0 Å². The van der Waals surface area contributed by atoms with Gasteiger partial charge < -0.3 is 20.8 Å². The highest BCUT2D eigenvalue weighted by molar-refractivity contribution is 5.95. The second-order valence-corrected chi connectivity index (χ2v) is 13.6. The number of carbonyl (C=O) groups excluding carboxylic acids is 1. The molecule has 4 aromatic rings. The van der Waals surface area contributed by atoms with E-state index in [1.165, 1.54) is 6.20 Å². The quantitative estimate of drug-likeness (QED) is 0.0835. The number of hydrogen-bond acceptors (Lipinski definition) is 6. The summed E-state index contributed by atoms with van der Waals surface area (Å²) >= 11 is 0. The van der Waals surface area contributed by atoms with Crippen LogP contribution in [0.5, 0.6) is 0 Å². The summed E-state index contributed by atoms with van der Waals surface area (Å²) in [6, 6.07) is 29.9. The summed E-state index contributed by atoms with van der Waals surface area (Å²) in [5.74, 6) is -1.93. The van der Waals surface area contributed by atoms with Gasteiger partial charge in [-0.15, -0.1) is 0 Å². The first kappa shape index (κ1) is 35.5. The van der Waals surface area contributed by atoms with Gasteiger partial charge in [-0.2, -0.15) is 5.10 Å². The van der Waals surface area contributed by atoms with Crippen LogP contribution in [0.2, 0.25) is 0 Å². The highest BCUT2D eigenvalue weighted by Crippen LogP contribution is 2.41. The minimum Gasteiger partial charge on any atom is -0.465 e. The molecule has 4 rings (SSSR count). The molecule has 0 spiro atoms. The molecule has 0 saturated carbocycles. The van der Waals surface area contributed by atoms with Crippen LogP contribution in [-0.4, -0.2) is 60.9 Å². The lowest BCUT2D eigenvalue weighted by Gasteiger charge is -2.55. The van der Waals surface area contributed by atoms with E-state index in [-0.39, 0.29) is 0 Å². The van der Waals surface area contributed by atoms with E-state index < -0.39 is 46.9 Å². The van der Waals surface area contributed by atoms with Crippen molar-refractivity contribution in [3.63, 3.8) is 0 Å². The van der Waals surface area contributed by atoms with E-state index in [2.05, 4.69) is 26.4 Å². The van der Waals surface area contributed by atoms with Crippen molar-refractivity contribution in [3.8, 4) is 0 Å². The molecule has 12 heteroatoms. The number of nitrogens with one attached hydrogen (secondary N) is 4. The zero-order valence-electron chi connectivity index (χ0n) is 28.4. The zero-order chi connectivity index (χ0) is 35.3. The molecular weight excluding hydrogens is 610 g/mol. The second kappa shape index (κ2) is 13.8. The predicted molar refractivity (Wildman–Crippen MR) is 186 cm³/mol. The first-order valence-electron chi connectivity index (χ1n) is 15.6. The molecule has 0 aliphatic carbocycles. The molecule has 1 heterocycles. The van der Waals surface area contributed by atoms with Crippen LogP contribution >= 0.6 is 0 Å². The molecule has 12 nitrogen and oxygen atoms in total. The number of rotatable bonds is 11. The number of aryl methyl sites for hydroxylation is 1. The third-order valence-corrected chi connectivity index (χ3v) is 8.21. The molecule has 0 radical (unpaired) electrons. The van der Waals surface area contributed by atoms with Crippen LogP contribution in [0.15, 0.2) is 97.2 Å². The monoisotopic (exact) mass is 655 g/mol. The number of benzene rings is 3. The maximum atomic E-state index is 13.7. The van der Waals surface area contributed by atoms with Crippen molar-refractivity contribution in [2.45, 2.75) is 58.4 Å². The summed E-state index contributed by atoms with van der Waals surface area (Å²) in [6.45, 7) is 9.59. The van der Waals surface area contributed by atoms with Crippen LogP contribution in [0.1, 0.15) is 58.2 Å². The van der Waals surface area contributed by atoms with E-state index in [1.54, 1.807) is 53.3 Å². The number of amides is 3. The molecule has 1 unspecified atom stereocenters. The van der Waals surface area contributed by atoms with Crippen LogP contribution in [0.25, 0.3) is 0 Å². The van der Waals surface area contributed by atoms with Crippen LogP contribution < -0.4 is 21.3 Å². The second-order valence-electron chi connectivity index (χ2n) is 13.6. The molecule has 0 aliphatic heterocycles. The minimum absolute atomic E-state index is 0.370. The first-order chi connectivity index (χ1) is 22.5. The number of carboxylic acid groups (broad SMARTS) is 2. The fraction of sp³-hybridized carbons (Fsp3) is 0.333. The van der Waals surface area contributed by atoms with Crippen molar-refractivity contribution in [1.29, 1.82) is 0 Å². The molecule has 0 bridgehead atoms. The molecule has 0 saturated heterocycles. The summed E-state index contributed by atoms with van der Waals surface area (Å²) in [5, 5.41) is 36.6. The third-order valence-electron chi connectivity index (χ3n) is 8.21. The molecule has 1 atom stereocenters. The Labute approximate surface area is 281 Å². The van der Waals surface area contributed by atoms with E-state index in [0.717, 1.165) is 21.6 Å². The number of nitrogens with zero attached hydrogens (tertiary/aromatic N) is 3. The highest BCUT2D eigenvalue weighted by atomic mass is 16.4. The number of aromatic nitrogens is 2. The van der Waals surface area contributed by atoms with E-state index in [1.807, 2.05) is 91.0 Å². The normalized spacial score (nSPS) is 13.2. The predicted octanol–water partition coefficient (Wildman–Crippen LogP) is 6.10. The van der Waals surface area contributed by atoms with Gasteiger partial charge in [0.15, 0.2) is 5.79 Å². The Kier molecular flexibility index (Phi) is 10.2. The molecule has 48 heavy (non-hydrogen) atoms. The Bertz CT molecular complexity index is 1620. The van der Waals surface area contributed by atoms with Crippen molar-refractivity contribution in [2.24, 2.45) is 12.5 Å². The Balaban J connectivity index is 1.75. The number of carbonyl (C=O) groups is 3. The fourth-order valence-corrected chi connectivity index (χ4v) is 6.09. The Morgan fingerprint density at radius 1 is 0.771 bits per heavy atom. The van der Waals surface area contributed by atoms with Gasteiger partial charge in [0.2, 0.25) is 5.91 Å². The smallest absolute Gasteiger partial charge is 0.410 e. The fourth-order valence-electron chi connectivity index (χ4n) is 6.09. The van der Waals surface area contributed by atoms with Crippen molar-refractivity contribution < 1.29 is 24.6 Å². The lowest BCUT2D eigenvalue weighted by Crippen LogP contribution is -2.79. The van der Waals surface area contributed by atoms with E-state index in [4.69, 9.17) is 0 Å². The maximum Gasteiger partial charge on any atom is 0.410 e. The summed E-state index contributed by atoms with van der Waals surface area (Å²) < 4.78 is 1.63. The van der Waals surface area contributed by atoms with Crippen molar-refractivity contribution >= 4 is 29.6 Å². The molecule has 0 aliphatic rings. The topological polar surface area (TPSA) is 161 Å². The molecular formula is C36H45N7O5. The number of anilines is 2. The largest absolute Gasteiger partial charge is 0.465 e. The third kappa shape index (κ3) is 7.13. The zero-order valence-corrected chi connectivity index (χ0v) is 28.4.